The Bertz CT molecular complexity index is 477. The minimum absolute atomic E-state index is 0. The Kier molecular flexibility index (Phi) is 6.67. The molecule has 3 amide bonds. The molecule has 2 saturated heterocycles. The van der Waals surface area contributed by atoms with Crippen LogP contribution in [0.1, 0.15) is 45.4 Å². The summed E-state index contributed by atoms with van der Waals surface area (Å²) in [5.74, 6) is 1.67. The first kappa shape index (κ1) is 19.7. The van der Waals surface area contributed by atoms with Crippen molar-refractivity contribution in [2.75, 3.05) is 12.3 Å². The maximum atomic E-state index is 12.1. The fourth-order valence-electron chi connectivity index (χ4n) is 3.70. The van der Waals surface area contributed by atoms with E-state index in [1.807, 2.05) is 11.8 Å². The van der Waals surface area contributed by atoms with E-state index in [2.05, 4.69) is 22.9 Å². The molecule has 0 radical (unpaired) electrons. The first-order chi connectivity index (χ1) is 11.0. The number of amides is 3. The van der Waals surface area contributed by atoms with Gasteiger partial charge in [0.15, 0.2) is 0 Å². The number of thioether (sulfide) groups is 1. The van der Waals surface area contributed by atoms with Crippen LogP contribution >= 0.6 is 24.2 Å². The van der Waals surface area contributed by atoms with Gasteiger partial charge in [-0.1, -0.05) is 6.42 Å². The van der Waals surface area contributed by atoms with Crippen LogP contribution < -0.4 is 21.7 Å². The molecule has 0 aromatic rings. The van der Waals surface area contributed by atoms with Crippen molar-refractivity contribution in [1.82, 2.24) is 16.0 Å². The molecular weight excluding hydrogens is 348 g/mol. The molecule has 2 heterocycles. The maximum Gasteiger partial charge on any atom is 0.315 e. The van der Waals surface area contributed by atoms with Crippen LogP contribution in [-0.4, -0.2) is 47.1 Å². The Morgan fingerprint density at radius 1 is 1.38 bits per heavy atom. The lowest BCUT2D eigenvalue weighted by Crippen LogP contribution is -2.53. The average molecular weight is 377 g/mol. The third-order valence-corrected chi connectivity index (χ3v) is 6.92. The van der Waals surface area contributed by atoms with Gasteiger partial charge in [-0.25, -0.2) is 4.79 Å². The lowest BCUT2D eigenvalue weighted by Gasteiger charge is -2.29. The van der Waals surface area contributed by atoms with E-state index in [-0.39, 0.29) is 42.0 Å². The van der Waals surface area contributed by atoms with Crippen molar-refractivity contribution in [2.45, 2.75) is 68.3 Å². The van der Waals surface area contributed by atoms with E-state index in [0.717, 1.165) is 25.0 Å². The van der Waals surface area contributed by atoms with Gasteiger partial charge in [-0.05, 0) is 38.5 Å². The number of carbonyl (C=O) groups excluding carboxylic acids is 2. The van der Waals surface area contributed by atoms with Gasteiger partial charge in [0, 0.05) is 24.0 Å². The van der Waals surface area contributed by atoms with Gasteiger partial charge in [0.1, 0.15) is 0 Å². The summed E-state index contributed by atoms with van der Waals surface area (Å²) in [4.78, 5) is 23.5. The Morgan fingerprint density at radius 2 is 2.12 bits per heavy atom. The zero-order valence-corrected chi connectivity index (χ0v) is 15.8. The molecule has 5 N–H and O–H groups in total. The van der Waals surface area contributed by atoms with Gasteiger partial charge in [0.05, 0.1) is 17.6 Å². The predicted molar refractivity (Wildman–Crippen MR) is 99.5 cm³/mol. The maximum absolute atomic E-state index is 12.1. The molecule has 6 nitrogen and oxygen atoms in total. The quantitative estimate of drug-likeness (QED) is 0.380. The number of rotatable bonds is 8. The monoisotopic (exact) mass is 376 g/mol. The number of nitrogens with two attached hydrogens (primary N) is 1. The van der Waals surface area contributed by atoms with Gasteiger partial charge in [-0.15, -0.1) is 12.4 Å². The molecule has 3 aliphatic rings. The number of fused-ring (bicyclic) bond motifs is 1. The highest BCUT2D eigenvalue weighted by atomic mass is 35.5. The molecule has 8 heteroatoms. The summed E-state index contributed by atoms with van der Waals surface area (Å²) in [5.41, 5.74) is 5.62. The summed E-state index contributed by atoms with van der Waals surface area (Å²) in [7, 11) is 0. The lowest BCUT2D eigenvalue weighted by molar-refractivity contribution is -0.123. The third-order valence-electron chi connectivity index (χ3n) is 5.41. The third kappa shape index (κ3) is 4.49. The van der Waals surface area contributed by atoms with Crippen molar-refractivity contribution in [2.24, 2.45) is 11.7 Å². The van der Waals surface area contributed by atoms with Crippen molar-refractivity contribution in [3.63, 3.8) is 0 Å². The molecule has 1 saturated carbocycles. The topological polar surface area (TPSA) is 96.2 Å². The first-order valence-electron chi connectivity index (χ1n) is 8.71. The van der Waals surface area contributed by atoms with Gasteiger partial charge >= 0.3 is 6.03 Å². The van der Waals surface area contributed by atoms with Crippen LogP contribution in [0.3, 0.4) is 0 Å². The summed E-state index contributed by atoms with van der Waals surface area (Å²) in [6.07, 6.45) is 5.89. The van der Waals surface area contributed by atoms with Gasteiger partial charge in [0.25, 0.3) is 0 Å². The number of carbonyl (C=O) groups is 2. The first-order valence-corrected chi connectivity index (χ1v) is 9.76. The molecule has 0 aromatic heterocycles. The lowest BCUT2D eigenvalue weighted by atomic mass is 9.95. The molecule has 4 atom stereocenters. The van der Waals surface area contributed by atoms with Gasteiger partial charge in [0.2, 0.25) is 5.91 Å². The van der Waals surface area contributed by atoms with Gasteiger partial charge in [-0.2, -0.15) is 11.8 Å². The second-order valence-electron chi connectivity index (χ2n) is 7.31. The minimum atomic E-state index is -0.217. The van der Waals surface area contributed by atoms with E-state index in [1.54, 1.807) is 0 Å². The molecule has 2 aliphatic heterocycles. The largest absolute Gasteiger partial charge is 0.349 e. The summed E-state index contributed by atoms with van der Waals surface area (Å²) in [6, 6.07) is 0.507. The molecule has 1 aliphatic carbocycles. The number of unbranched alkanes of at least 4 members (excludes halogenated alkanes) is 1. The van der Waals surface area contributed by atoms with E-state index in [1.165, 1.54) is 12.8 Å². The molecule has 0 bridgehead atoms. The van der Waals surface area contributed by atoms with E-state index < -0.39 is 0 Å². The van der Waals surface area contributed by atoms with E-state index >= 15 is 0 Å². The number of urea groups is 1. The molecule has 3 fully saturated rings. The minimum Gasteiger partial charge on any atom is -0.349 e. The van der Waals surface area contributed by atoms with Crippen LogP contribution in [0, 0.1) is 5.92 Å². The van der Waals surface area contributed by atoms with Crippen LogP contribution in [0.4, 0.5) is 4.79 Å². The molecule has 3 rings (SSSR count). The number of hydrogen-bond acceptors (Lipinski definition) is 4. The summed E-state index contributed by atoms with van der Waals surface area (Å²) >= 11 is 1.93. The molecule has 24 heavy (non-hydrogen) atoms. The SMILES string of the molecule is CC(CN)(NC(=O)CCCC[C@@H]1SC[C@@H]2NC(=O)N[C@@H]21)C1CC1.Cl. The average Bonchev–Trinajstić information content (AvgIpc) is 3.22. The normalized spacial score (nSPS) is 30.6. The molecule has 0 spiro atoms. The van der Waals surface area contributed by atoms with Crippen LogP contribution in [-0.2, 0) is 4.79 Å². The number of hydrogen-bond donors (Lipinski definition) is 4. The van der Waals surface area contributed by atoms with E-state index in [0.29, 0.717) is 24.1 Å². The van der Waals surface area contributed by atoms with Crippen LogP contribution in [0.2, 0.25) is 0 Å². The number of nitrogens with one attached hydrogen (secondary N) is 3. The van der Waals surface area contributed by atoms with Crippen LogP contribution in [0.5, 0.6) is 0 Å². The Hall–Kier alpha value is -0.660. The fourth-order valence-corrected chi connectivity index (χ4v) is 5.24. The van der Waals surface area contributed by atoms with Crippen molar-refractivity contribution >= 4 is 36.1 Å². The van der Waals surface area contributed by atoms with Crippen LogP contribution in [0.25, 0.3) is 0 Å². The second-order valence-corrected chi connectivity index (χ2v) is 8.58. The molecule has 1 unspecified atom stereocenters. The van der Waals surface area contributed by atoms with Gasteiger partial charge in [-0.3, -0.25) is 4.79 Å². The summed E-state index contributed by atoms with van der Waals surface area (Å²) < 4.78 is 0. The van der Waals surface area contributed by atoms with Gasteiger partial charge < -0.3 is 21.7 Å². The fraction of sp³-hybridized carbons (Fsp3) is 0.875. The second kappa shape index (κ2) is 8.15. The zero-order valence-electron chi connectivity index (χ0n) is 14.2. The smallest absolute Gasteiger partial charge is 0.315 e. The zero-order chi connectivity index (χ0) is 16.4. The Labute approximate surface area is 154 Å². The highest BCUT2D eigenvalue weighted by Crippen LogP contribution is 2.39. The van der Waals surface area contributed by atoms with Crippen molar-refractivity contribution in [1.29, 1.82) is 0 Å². The van der Waals surface area contributed by atoms with Crippen molar-refractivity contribution in [3.8, 4) is 0 Å². The Balaban J connectivity index is 0.00000208. The van der Waals surface area contributed by atoms with E-state index in [4.69, 9.17) is 5.73 Å². The predicted octanol–water partition coefficient (Wildman–Crippen LogP) is 1.38. The van der Waals surface area contributed by atoms with E-state index in [9.17, 15) is 9.59 Å². The van der Waals surface area contributed by atoms with Crippen molar-refractivity contribution < 1.29 is 9.59 Å². The standard InChI is InChI=1S/C16H28N4O2S.ClH/c1-16(9-17,10-6-7-10)20-13(21)5-3-2-4-12-14-11(8-23-12)18-15(22)19-14;/h10-12,14H,2-9,17H2,1H3,(H,20,21)(H2,18,19,22);1H/t11-,12-,14-,16?;/m0./s1. The summed E-state index contributed by atoms with van der Waals surface area (Å²) in [5, 5.41) is 9.58. The number of halogens is 1. The molecule has 138 valence electrons. The Morgan fingerprint density at radius 3 is 2.79 bits per heavy atom. The van der Waals surface area contributed by atoms with Crippen LogP contribution in [0.15, 0.2) is 0 Å². The highest BCUT2D eigenvalue weighted by Gasteiger charge is 2.43. The summed E-state index contributed by atoms with van der Waals surface area (Å²) in [6.45, 7) is 2.57. The highest BCUT2D eigenvalue weighted by molar-refractivity contribution is 8.00. The molecular formula is C16H29ClN4O2S. The van der Waals surface area contributed by atoms with Crippen molar-refractivity contribution in [3.05, 3.63) is 0 Å². The molecule has 0 aromatic carbocycles.